The van der Waals surface area contributed by atoms with E-state index < -0.39 is 5.97 Å². The molecule has 2 aromatic carbocycles. The molecule has 2 unspecified atom stereocenters. The monoisotopic (exact) mass is 453 g/mol. The fraction of sp³-hybridized carbons (Fsp3) is 0.480. The zero-order valence-corrected chi connectivity index (χ0v) is 19.3. The number of ether oxygens (including phenoxy) is 1. The van der Waals surface area contributed by atoms with Crippen molar-refractivity contribution in [3.8, 4) is 5.75 Å². The second-order valence-corrected chi connectivity index (χ2v) is 9.81. The maximum Gasteiger partial charge on any atom is 0.341 e. The molecule has 1 saturated heterocycles. The molecule has 1 saturated carbocycles. The standard InChI is InChI=1S/C25H31N3O3S/c1-2-28-13-5-6-17(28)11-12-26-20-7-3-4-8-22(20)32-27-21-10-9-18-19-14-16(19)15-31-24(18)23(21)25(29)30/h3-4,7-10,16-17,19,26-27H,2,5-6,11-15H2,1H3,(H,29,30)/t16?,17-,19?/m1/s1. The van der Waals surface area contributed by atoms with E-state index in [9.17, 15) is 9.90 Å². The highest BCUT2D eigenvalue weighted by Gasteiger charge is 2.45. The molecule has 3 atom stereocenters. The van der Waals surface area contributed by atoms with Crippen LogP contribution in [0.25, 0.3) is 0 Å². The van der Waals surface area contributed by atoms with Gasteiger partial charge in [-0.15, -0.1) is 0 Å². The molecular formula is C25H31N3O3S. The van der Waals surface area contributed by atoms with Gasteiger partial charge in [-0.05, 0) is 80.4 Å². The summed E-state index contributed by atoms with van der Waals surface area (Å²) in [5.41, 5.74) is 2.94. The zero-order valence-electron chi connectivity index (χ0n) is 18.5. The number of carboxylic acids is 1. The van der Waals surface area contributed by atoms with Crippen LogP contribution >= 0.6 is 11.9 Å². The van der Waals surface area contributed by atoms with Crippen LogP contribution in [-0.4, -0.2) is 48.3 Å². The number of hydrogen-bond donors (Lipinski definition) is 3. The molecule has 3 aliphatic rings. The molecule has 1 aliphatic carbocycles. The molecule has 7 heteroatoms. The van der Waals surface area contributed by atoms with Gasteiger partial charge in [0.15, 0.2) is 0 Å². The molecule has 3 N–H and O–H groups in total. The average Bonchev–Trinajstić information content (AvgIpc) is 3.47. The fourth-order valence-electron chi connectivity index (χ4n) is 5.17. The number of hydrogen-bond acceptors (Lipinski definition) is 6. The van der Waals surface area contributed by atoms with Crippen molar-refractivity contribution in [3.63, 3.8) is 0 Å². The molecule has 32 heavy (non-hydrogen) atoms. The minimum atomic E-state index is -0.951. The molecule has 6 nitrogen and oxygen atoms in total. The van der Waals surface area contributed by atoms with Crippen molar-refractivity contribution in [2.24, 2.45) is 5.92 Å². The van der Waals surface area contributed by atoms with Crippen LogP contribution in [0, 0.1) is 5.92 Å². The minimum absolute atomic E-state index is 0.242. The topological polar surface area (TPSA) is 73.8 Å². The van der Waals surface area contributed by atoms with Crippen LogP contribution in [-0.2, 0) is 0 Å². The molecular weight excluding hydrogens is 422 g/mol. The van der Waals surface area contributed by atoms with Crippen LogP contribution in [0.5, 0.6) is 5.75 Å². The summed E-state index contributed by atoms with van der Waals surface area (Å²) >= 11 is 1.44. The van der Waals surface area contributed by atoms with Gasteiger partial charge in [-0.3, -0.25) is 0 Å². The molecule has 0 bridgehead atoms. The van der Waals surface area contributed by atoms with Gasteiger partial charge in [0.2, 0.25) is 0 Å². The molecule has 5 rings (SSSR count). The van der Waals surface area contributed by atoms with Crippen LogP contribution in [0.4, 0.5) is 11.4 Å². The van der Waals surface area contributed by atoms with Gasteiger partial charge >= 0.3 is 5.97 Å². The molecule has 0 aromatic heterocycles. The van der Waals surface area contributed by atoms with Crippen LogP contribution < -0.4 is 14.8 Å². The van der Waals surface area contributed by atoms with E-state index in [2.05, 4.69) is 34.0 Å². The molecule has 2 fully saturated rings. The fourth-order valence-corrected chi connectivity index (χ4v) is 5.96. The first-order valence-electron chi connectivity index (χ1n) is 11.7. The lowest BCUT2D eigenvalue weighted by atomic mass is 10.0. The molecule has 0 amide bonds. The van der Waals surface area contributed by atoms with E-state index >= 15 is 0 Å². The molecule has 2 heterocycles. The Bertz CT molecular complexity index is 998. The molecule has 2 aromatic rings. The molecule has 2 aliphatic heterocycles. The summed E-state index contributed by atoms with van der Waals surface area (Å²) in [6, 6.07) is 12.8. The number of aromatic carboxylic acids is 1. The van der Waals surface area contributed by atoms with E-state index in [4.69, 9.17) is 4.74 Å². The summed E-state index contributed by atoms with van der Waals surface area (Å²) in [4.78, 5) is 15.7. The second-order valence-electron chi connectivity index (χ2n) is 8.97. The number of carbonyl (C=O) groups is 1. The number of fused-ring (bicyclic) bond motifs is 3. The van der Waals surface area contributed by atoms with Gasteiger partial charge in [0.25, 0.3) is 0 Å². The summed E-state index contributed by atoms with van der Waals surface area (Å²) in [6.45, 7) is 6.13. The first-order valence-corrected chi connectivity index (χ1v) is 12.5. The Labute approximate surface area is 193 Å². The third-order valence-electron chi connectivity index (χ3n) is 7.02. The van der Waals surface area contributed by atoms with Gasteiger partial charge in [0, 0.05) is 24.2 Å². The maximum absolute atomic E-state index is 12.1. The van der Waals surface area contributed by atoms with Gasteiger partial charge < -0.3 is 24.8 Å². The number of nitrogens with zero attached hydrogens (tertiary/aromatic N) is 1. The first-order chi connectivity index (χ1) is 15.7. The quantitative estimate of drug-likeness (QED) is 0.446. The third-order valence-corrected chi connectivity index (χ3v) is 7.92. The minimum Gasteiger partial charge on any atom is -0.492 e. The largest absolute Gasteiger partial charge is 0.492 e. The van der Waals surface area contributed by atoms with E-state index in [1.807, 2.05) is 24.3 Å². The Kier molecular flexibility index (Phi) is 6.20. The normalized spacial score (nSPS) is 23.7. The molecule has 0 spiro atoms. The van der Waals surface area contributed by atoms with Crippen molar-refractivity contribution in [1.29, 1.82) is 0 Å². The Morgan fingerprint density at radius 3 is 2.97 bits per heavy atom. The van der Waals surface area contributed by atoms with Crippen LogP contribution in [0.3, 0.4) is 0 Å². The summed E-state index contributed by atoms with van der Waals surface area (Å²) in [5.74, 6) is 0.619. The van der Waals surface area contributed by atoms with Crippen LogP contribution in [0.15, 0.2) is 41.3 Å². The van der Waals surface area contributed by atoms with E-state index in [0.717, 1.165) is 42.1 Å². The van der Waals surface area contributed by atoms with E-state index in [-0.39, 0.29) is 5.56 Å². The Balaban J connectivity index is 1.26. The Morgan fingerprint density at radius 2 is 2.12 bits per heavy atom. The van der Waals surface area contributed by atoms with Crippen molar-refractivity contribution in [2.45, 2.75) is 49.5 Å². The highest BCUT2D eigenvalue weighted by molar-refractivity contribution is 8.00. The predicted molar refractivity (Wildman–Crippen MR) is 129 cm³/mol. The summed E-state index contributed by atoms with van der Waals surface area (Å²) < 4.78 is 9.14. The number of rotatable bonds is 9. The van der Waals surface area contributed by atoms with Crippen molar-refractivity contribution >= 4 is 29.3 Å². The number of para-hydroxylation sites is 1. The van der Waals surface area contributed by atoms with E-state index in [0.29, 0.717) is 35.9 Å². The zero-order chi connectivity index (χ0) is 22.1. The maximum atomic E-state index is 12.1. The van der Waals surface area contributed by atoms with Crippen molar-refractivity contribution in [2.75, 3.05) is 36.3 Å². The third kappa shape index (κ3) is 4.28. The first kappa shape index (κ1) is 21.5. The van der Waals surface area contributed by atoms with Crippen molar-refractivity contribution in [3.05, 3.63) is 47.5 Å². The smallest absolute Gasteiger partial charge is 0.341 e. The second kappa shape index (κ2) is 9.24. The van der Waals surface area contributed by atoms with Crippen LogP contribution in [0.1, 0.15) is 54.4 Å². The molecule has 170 valence electrons. The summed E-state index contributed by atoms with van der Waals surface area (Å²) in [6.07, 6.45) is 4.82. The highest BCUT2D eigenvalue weighted by atomic mass is 32.2. The lowest BCUT2D eigenvalue weighted by molar-refractivity contribution is 0.0692. The number of anilines is 2. The number of nitrogens with one attached hydrogen (secondary N) is 2. The average molecular weight is 454 g/mol. The SMILES string of the molecule is CCN1CCC[C@@H]1CCNc1ccccc1SNc1ccc2c(c1C(=O)O)OCC1CC21. The number of benzene rings is 2. The molecule has 0 radical (unpaired) electrons. The van der Waals surface area contributed by atoms with Gasteiger partial charge in [0.05, 0.1) is 17.2 Å². The highest BCUT2D eigenvalue weighted by Crippen LogP contribution is 2.55. The van der Waals surface area contributed by atoms with Crippen molar-refractivity contribution < 1.29 is 14.6 Å². The summed E-state index contributed by atoms with van der Waals surface area (Å²) in [5, 5.41) is 13.5. The van der Waals surface area contributed by atoms with Gasteiger partial charge in [-0.25, -0.2) is 4.79 Å². The Morgan fingerprint density at radius 1 is 1.25 bits per heavy atom. The predicted octanol–water partition coefficient (Wildman–Crippen LogP) is 5.29. The Hall–Kier alpha value is -2.38. The summed E-state index contributed by atoms with van der Waals surface area (Å²) in [7, 11) is 0. The number of likely N-dealkylation sites (tertiary alicyclic amines) is 1. The lowest BCUT2D eigenvalue weighted by Gasteiger charge is -2.23. The van der Waals surface area contributed by atoms with Gasteiger partial charge in [0.1, 0.15) is 11.3 Å². The van der Waals surface area contributed by atoms with Crippen molar-refractivity contribution in [1.82, 2.24) is 4.90 Å². The van der Waals surface area contributed by atoms with E-state index in [1.54, 1.807) is 0 Å². The van der Waals surface area contributed by atoms with Crippen LogP contribution in [0.2, 0.25) is 0 Å². The number of carboxylic acid groups (broad SMARTS) is 1. The van der Waals surface area contributed by atoms with Gasteiger partial charge in [-0.2, -0.15) is 0 Å². The van der Waals surface area contributed by atoms with E-state index in [1.165, 1.54) is 31.3 Å². The lowest BCUT2D eigenvalue weighted by Crippen LogP contribution is -2.30. The van der Waals surface area contributed by atoms with Gasteiger partial charge in [-0.1, -0.05) is 25.1 Å².